The van der Waals surface area contributed by atoms with Crippen LogP contribution in [0.3, 0.4) is 0 Å². The fourth-order valence-electron chi connectivity index (χ4n) is 3.16. The predicted molar refractivity (Wildman–Crippen MR) is 74.1 cm³/mol. The molecule has 1 aliphatic heterocycles. The first-order valence-corrected chi connectivity index (χ1v) is 7.00. The SMILES string of the molecule is CNCCC1=CC=CCC1C1CCN(C)CC1. The Morgan fingerprint density at radius 1 is 1.35 bits per heavy atom. The van der Waals surface area contributed by atoms with Crippen LogP contribution in [0, 0.1) is 11.8 Å². The minimum Gasteiger partial charge on any atom is -0.319 e. The van der Waals surface area contributed by atoms with E-state index in [-0.39, 0.29) is 0 Å². The molecule has 96 valence electrons. The summed E-state index contributed by atoms with van der Waals surface area (Å²) in [6, 6.07) is 0. The minimum absolute atomic E-state index is 0.821. The number of hydrogen-bond donors (Lipinski definition) is 1. The topological polar surface area (TPSA) is 15.3 Å². The lowest BCUT2D eigenvalue weighted by Gasteiger charge is -2.36. The standard InChI is InChI=1S/C15H26N2/c1-16-10-7-13-5-3-4-6-15(13)14-8-11-17(2)12-9-14/h3-5,14-16H,6-12H2,1-2H3. The molecule has 0 radical (unpaired) electrons. The normalized spacial score (nSPS) is 27.2. The van der Waals surface area contributed by atoms with Crippen molar-refractivity contribution in [2.24, 2.45) is 11.8 Å². The van der Waals surface area contributed by atoms with E-state index in [2.05, 4.69) is 35.5 Å². The van der Waals surface area contributed by atoms with Gasteiger partial charge in [-0.15, -0.1) is 0 Å². The number of nitrogens with one attached hydrogen (secondary N) is 1. The molecular formula is C15H26N2. The van der Waals surface area contributed by atoms with Crippen LogP contribution in [0.25, 0.3) is 0 Å². The summed E-state index contributed by atoms with van der Waals surface area (Å²) >= 11 is 0. The van der Waals surface area contributed by atoms with Crippen LogP contribution in [0.1, 0.15) is 25.7 Å². The van der Waals surface area contributed by atoms with Crippen LogP contribution >= 0.6 is 0 Å². The summed E-state index contributed by atoms with van der Waals surface area (Å²) in [4.78, 5) is 2.46. The number of allylic oxidation sites excluding steroid dienone is 3. The van der Waals surface area contributed by atoms with E-state index >= 15 is 0 Å². The fourth-order valence-corrected chi connectivity index (χ4v) is 3.16. The summed E-state index contributed by atoms with van der Waals surface area (Å²) in [5.41, 5.74) is 1.68. The molecule has 1 N–H and O–H groups in total. The number of likely N-dealkylation sites (tertiary alicyclic amines) is 1. The van der Waals surface area contributed by atoms with Crippen molar-refractivity contribution in [1.82, 2.24) is 10.2 Å². The minimum atomic E-state index is 0.821. The van der Waals surface area contributed by atoms with Gasteiger partial charge in [-0.3, -0.25) is 0 Å². The van der Waals surface area contributed by atoms with Crippen LogP contribution in [-0.2, 0) is 0 Å². The molecule has 2 nitrogen and oxygen atoms in total. The second kappa shape index (κ2) is 6.36. The van der Waals surface area contributed by atoms with Gasteiger partial charge in [0.1, 0.15) is 0 Å². The maximum Gasteiger partial charge on any atom is -0.00144 e. The molecule has 1 aliphatic carbocycles. The van der Waals surface area contributed by atoms with Crippen molar-refractivity contribution < 1.29 is 0 Å². The summed E-state index contributed by atoms with van der Waals surface area (Å²) in [5, 5.41) is 3.27. The van der Waals surface area contributed by atoms with Crippen LogP contribution in [0.5, 0.6) is 0 Å². The highest BCUT2D eigenvalue weighted by molar-refractivity contribution is 5.22. The summed E-state index contributed by atoms with van der Waals surface area (Å²) in [6.45, 7) is 3.68. The van der Waals surface area contributed by atoms with Crippen molar-refractivity contribution in [1.29, 1.82) is 0 Å². The van der Waals surface area contributed by atoms with Crippen LogP contribution in [0.2, 0.25) is 0 Å². The molecule has 17 heavy (non-hydrogen) atoms. The lowest BCUT2D eigenvalue weighted by atomic mass is 9.75. The molecule has 0 aromatic carbocycles. The van der Waals surface area contributed by atoms with Gasteiger partial charge in [0.25, 0.3) is 0 Å². The van der Waals surface area contributed by atoms with E-state index in [1.54, 1.807) is 5.57 Å². The first kappa shape index (κ1) is 12.8. The Bertz CT molecular complexity index is 285. The molecule has 1 fully saturated rings. The largest absolute Gasteiger partial charge is 0.319 e. The Labute approximate surface area is 106 Å². The predicted octanol–water partition coefficient (Wildman–Crippen LogP) is 2.44. The van der Waals surface area contributed by atoms with Gasteiger partial charge in [0, 0.05) is 0 Å². The summed E-state index contributed by atoms with van der Waals surface area (Å²) in [7, 11) is 4.29. The number of nitrogens with zero attached hydrogens (tertiary/aromatic N) is 1. The van der Waals surface area contributed by atoms with Gasteiger partial charge in [-0.05, 0) is 71.2 Å². The molecule has 1 heterocycles. The van der Waals surface area contributed by atoms with Crippen LogP contribution in [0.4, 0.5) is 0 Å². The van der Waals surface area contributed by atoms with Gasteiger partial charge in [-0.2, -0.15) is 0 Å². The summed E-state index contributed by atoms with van der Waals surface area (Å²) in [6.07, 6.45) is 12.2. The van der Waals surface area contributed by atoms with Crippen molar-refractivity contribution in [2.75, 3.05) is 33.7 Å². The molecule has 1 atom stereocenters. The highest BCUT2D eigenvalue weighted by Crippen LogP contribution is 2.35. The highest BCUT2D eigenvalue weighted by Gasteiger charge is 2.27. The maximum atomic E-state index is 3.27. The van der Waals surface area contributed by atoms with Crippen molar-refractivity contribution >= 4 is 0 Å². The Kier molecular flexibility index (Phi) is 4.81. The molecule has 1 saturated heterocycles. The molecule has 1 unspecified atom stereocenters. The van der Waals surface area contributed by atoms with Gasteiger partial charge in [0.15, 0.2) is 0 Å². The average molecular weight is 234 g/mol. The third-order valence-electron chi connectivity index (χ3n) is 4.31. The molecule has 0 bridgehead atoms. The van der Waals surface area contributed by atoms with Gasteiger partial charge >= 0.3 is 0 Å². The smallest absolute Gasteiger partial charge is 0.00144 e. The van der Waals surface area contributed by atoms with E-state index in [0.29, 0.717) is 0 Å². The van der Waals surface area contributed by atoms with E-state index in [9.17, 15) is 0 Å². The van der Waals surface area contributed by atoms with Crippen molar-refractivity contribution in [3.8, 4) is 0 Å². The Hall–Kier alpha value is -0.600. The number of hydrogen-bond acceptors (Lipinski definition) is 2. The highest BCUT2D eigenvalue weighted by atomic mass is 15.1. The molecule has 2 aliphatic rings. The second-order valence-electron chi connectivity index (χ2n) is 5.51. The first-order chi connectivity index (χ1) is 8.31. The fraction of sp³-hybridized carbons (Fsp3) is 0.733. The zero-order valence-corrected chi connectivity index (χ0v) is 11.3. The van der Waals surface area contributed by atoms with E-state index in [1.807, 2.05) is 7.05 Å². The van der Waals surface area contributed by atoms with Gasteiger partial charge in [0.2, 0.25) is 0 Å². The average Bonchev–Trinajstić information content (AvgIpc) is 2.38. The molecule has 0 aromatic rings. The lowest BCUT2D eigenvalue weighted by molar-refractivity contribution is 0.183. The molecule has 0 saturated carbocycles. The van der Waals surface area contributed by atoms with Crippen molar-refractivity contribution in [3.05, 3.63) is 23.8 Å². The Balaban J connectivity index is 1.94. The Morgan fingerprint density at radius 2 is 2.12 bits per heavy atom. The van der Waals surface area contributed by atoms with Gasteiger partial charge in [-0.25, -0.2) is 0 Å². The quantitative estimate of drug-likeness (QED) is 0.804. The van der Waals surface area contributed by atoms with Gasteiger partial charge < -0.3 is 10.2 Å². The van der Waals surface area contributed by atoms with E-state index in [1.165, 1.54) is 38.8 Å². The van der Waals surface area contributed by atoms with E-state index in [0.717, 1.165) is 18.4 Å². The van der Waals surface area contributed by atoms with Crippen LogP contribution in [0.15, 0.2) is 23.8 Å². The third kappa shape index (κ3) is 3.43. The summed E-state index contributed by atoms with van der Waals surface area (Å²) in [5.74, 6) is 1.74. The Morgan fingerprint density at radius 3 is 2.82 bits per heavy atom. The molecule has 2 rings (SSSR count). The van der Waals surface area contributed by atoms with Gasteiger partial charge in [-0.1, -0.05) is 23.8 Å². The number of piperidine rings is 1. The number of rotatable bonds is 4. The van der Waals surface area contributed by atoms with E-state index < -0.39 is 0 Å². The molecule has 0 amide bonds. The molecule has 0 aromatic heterocycles. The van der Waals surface area contributed by atoms with E-state index in [4.69, 9.17) is 0 Å². The zero-order chi connectivity index (χ0) is 12.1. The maximum absolute atomic E-state index is 3.27. The molecular weight excluding hydrogens is 208 g/mol. The molecule has 2 heteroatoms. The lowest BCUT2D eigenvalue weighted by Crippen LogP contribution is -2.34. The molecule has 0 spiro atoms. The van der Waals surface area contributed by atoms with Crippen molar-refractivity contribution in [2.45, 2.75) is 25.7 Å². The second-order valence-corrected chi connectivity index (χ2v) is 5.51. The van der Waals surface area contributed by atoms with Crippen LogP contribution in [-0.4, -0.2) is 38.6 Å². The first-order valence-electron chi connectivity index (χ1n) is 7.00. The van der Waals surface area contributed by atoms with Gasteiger partial charge in [0.05, 0.1) is 0 Å². The summed E-state index contributed by atoms with van der Waals surface area (Å²) < 4.78 is 0. The third-order valence-corrected chi connectivity index (χ3v) is 4.31. The zero-order valence-electron chi connectivity index (χ0n) is 11.3. The van der Waals surface area contributed by atoms with Crippen molar-refractivity contribution in [3.63, 3.8) is 0 Å². The monoisotopic (exact) mass is 234 g/mol. The van der Waals surface area contributed by atoms with Crippen LogP contribution < -0.4 is 5.32 Å².